The molecular formula is C14H13ClN2O2. The fourth-order valence-electron chi connectivity index (χ4n) is 1.75. The first-order valence-electron chi connectivity index (χ1n) is 5.67. The second-order valence-electron chi connectivity index (χ2n) is 4.02. The molecule has 19 heavy (non-hydrogen) atoms. The van der Waals surface area contributed by atoms with Gasteiger partial charge in [-0.2, -0.15) is 0 Å². The van der Waals surface area contributed by atoms with Crippen LogP contribution in [0.2, 0.25) is 5.02 Å². The van der Waals surface area contributed by atoms with Gasteiger partial charge in [0.05, 0.1) is 12.7 Å². The molecule has 2 rings (SSSR count). The summed E-state index contributed by atoms with van der Waals surface area (Å²) in [5.41, 5.74) is 7.53. The Balaban J connectivity index is 2.28. The lowest BCUT2D eigenvalue weighted by atomic mass is 10.0. The van der Waals surface area contributed by atoms with Crippen LogP contribution < -0.4 is 10.5 Å². The maximum Gasteiger partial charge on any atom is 0.171 e. The molecular weight excluding hydrogens is 264 g/mol. The van der Waals surface area contributed by atoms with Gasteiger partial charge in [-0.05, 0) is 24.3 Å². The number of ketones is 1. The van der Waals surface area contributed by atoms with E-state index < -0.39 is 0 Å². The van der Waals surface area contributed by atoms with Gasteiger partial charge < -0.3 is 10.5 Å². The zero-order chi connectivity index (χ0) is 13.8. The Labute approximate surface area is 116 Å². The number of nitrogens with two attached hydrogens (primary N) is 1. The van der Waals surface area contributed by atoms with E-state index in [1.807, 2.05) is 0 Å². The topological polar surface area (TPSA) is 65.2 Å². The molecule has 2 N–H and O–H groups in total. The molecule has 0 atom stereocenters. The third-order valence-electron chi connectivity index (χ3n) is 2.76. The molecule has 1 aromatic heterocycles. The van der Waals surface area contributed by atoms with Crippen LogP contribution in [0.15, 0.2) is 36.7 Å². The standard InChI is InChI=1S/C14H13ClN2O2/c1-19-14-7-10(15)2-3-11(14)13(18)6-9-8-17-5-4-12(9)16/h2-5,7-8H,6H2,1H3,(H2,16,17). The molecule has 98 valence electrons. The van der Waals surface area contributed by atoms with E-state index in [1.165, 1.54) is 7.11 Å². The molecule has 0 unspecified atom stereocenters. The summed E-state index contributed by atoms with van der Waals surface area (Å²) in [4.78, 5) is 16.2. The van der Waals surface area contributed by atoms with Gasteiger partial charge in [-0.25, -0.2) is 0 Å². The number of carbonyl (C=O) groups excluding carboxylic acids is 1. The summed E-state index contributed by atoms with van der Waals surface area (Å²) >= 11 is 5.86. The Morgan fingerprint density at radius 3 is 2.89 bits per heavy atom. The highest BCUT2D eigenvalue weighted by molar-refractivity contribution is 6.30. The molecule has 0 aliphatic carbocycles. The smallest absolute Gasteiger partial charge is 0.171 e. The average Bonchev–Trinajstić information content (AvgIpc) is 2.41. The molecule has 4 nitrogen and oxygen atoms in total. The average molecular weight is 277 g/mol. The number of aromatic nitrogens is 1. The Bertz CT molecular complexity index is 614. The first-order valence-corrected chi connectivity index (χ1v) is 6.04. The fourth-order valence-corrected chi connectivity index (χ4v) is 1.91. The van der Waals surface area contributed by atoms with Gasteiger partial charge in [0, 0.05) is 35.1 Å². The molecule has 1 aromatic carbocycles. The normalized spacial score (nSPS) is 10.2. The zero-order valence-corrected chi connectivity index (χ0v) is 11.1. The number of benzene rings is 1. The predicted molar refractivity (Wildman–Crippen MR) is 74.7 cm³/mol. The highest BCUT2D eigenvalue weighted by Gasteiger charge is 2.14. The molecule has 0 spiro atoms. The van der Waals surface area contributed by atoms with E-state index in [0.717, 1.165) is 0 Å². The van der Waals surface area contributed by atoms with Gasteiger partial charge in [0.25, 0.3) is 0 Å². The lowest BCUT2D eigenvalue weighted by Crippen LogP contribution is -2.08. The number of halogens is 1. The Morgan fingerprint density at radius 1 is 1.42 bits per heavy atom. The summed E-state index contributed by atoms with van der Waals surface area (Å²) in [6.07, 6.45) is 3.36. The third kappa shape index (κ3) is 3.03. The third-order valence-corrected chi connectivity index (χ3v) is 2.99. The second-order valence-corrected chi connectivity index (χ2v) is 4.46. The SMILES string of the molecule is COc1cc(Cl)ccc1C(=O)Cc1cnccc1N. The van der Waals surface area contributed by atoms with Crippen molar-refractivity contribution >= 4 is 23.1 Å². The van der Waals surface area contributed by atoms with Crippen LogP contribution in [0.3, 0.4) is 0 Å². The minimum atomic E-state index is -0.0896. The summed E-state index contributed by atoms with van der Waals surface area (Å²) < 4.78 is 5.16. The molecule has 5 heteroatoms. The molecule has 0 bridgehead atoms. The number of nitrogens with zero attached hydrogens (tertiary/aromatic N) is 1. The number of hydrogen-bond donors (Lipinski definition) is 1. The van der Waals surface area contributed by atoms with Gasteiger partial charge >= 0.3 is 0 Å². The van der Waals surface area contributed by atoms with Crippen molar-refractivity contribution in [1.82, 2.24) is 4.98 Å². The first kappa shape index (κ1) is 13.4. The van der Waals surface area contributed by atoms with E-state index >= 15 is 0 Å². The summed E-state index contributed by atoms with van der Waals surface area (Å²) in [6, 6.07) is 6.59. The van der Waals surface area contributed by atoms with Gasteiger partial charge in [0.2, 0.25) is 0 Å². The summed E-state index contributed by atoms with van der Waals surface area (Å²) in [5.74, 6) is 0.369. The zero-order valence-electron chi connectivity index (χ0n) is 10.4. The van der Waals surface area contributed by atoms with Crippen molar-refractivity contribution in [1.29, 1.82) is 0 Å². The molecule has 0 saturated heterocycles. The van der Waals surface area contributed by atoms with Crippen LogP contribution in [0.4, 0.5) is 5.69 Å². The van der Waals surface area contributed by atoms with Crippen molar-refractivity contribution in [3.63, 3.8) is 0 Å². The van der Waals surface area contributed by atoms with E-state index in [0.29, 0.717) is 27.6 Å². The van der Waals surface area contributed by atoms with Crippen LogP contribution in [0.5, 0.6) is 5.75 Å². The summed E-state index contributed by atoms with van der Waals surface area (Å²) in [6.45, 7) is 0. The quantitative estimate of drug-likeness (QED) is 0.872. The van der Waals surface area contributed by atoms with Crippen molar-refractivity contribution in [2.45, 2.75) is 6.42 Å². The molecule has 0 amide bonds. The van der Waals surface area contributed by atoms with E-state index in [9.17, 15) is 4.79 Å². The van der Waals surface area contributed by atoms with Crippen LogP contribution in [-0.4, -0.2) is 17.9 Å². The lowest BCUT2D eigenvalue weighted by Gasteiger charge is -2.09. The lowest BCUT2D eigenvalue weighted by molar-refractivity contribution is 0.0990. The minimum Gasteiger partial charge on any atom is -0.496 e. The number of methoxy groups -OCH3 is 1. The molecule has 1 heterocycles. The van der Waals surface area contributed by atoms with Crippen molar-refractivity contribution in [3.05, 3.63) is 52.8 Å². The molecule has 2 aromatic rings. The van der Waals surface area contributed by atoms with E-state index in [-0.39, 0.29) is 12.2 Å². The van der Waals surface area contributed by atoms with E-state index in [1.54, 1.807) is 36.7 Å². The highest BCUT2D eigenvalue weighted by atomic mass is 35.5. The molecule has 0 fully saturated rings. The van der Waals surface area contributed by atoms with Gasteiger partial charge in [-0.15, -0.1) is 0 Å². The van der Waals surface area contributed by atoms with E-state index in [4.69, 9.17) is 22.1 Å². The van der Waals surface area contributed by atoms with Gasteiger partial charge in [-0.1, -0.05) is 11.6 Å². The molecule has 0 saturated carbocycles. The van der Waals surface area contributed by atoms with Crippen molar-refractivity contribution in [2.75, 3.05) is 12.8 Å². The minimum absolute atomic E-state index is 0.0896. The van der Waals surface area contributed by atoms with Gasteiger partial charge in [-0.3, -0.25) is 9.78 Å². The first-order chi connectivity index (χ1) is 9.11. The van der Waals surface area contributed by atoms with Crippen LogP contribution in [-0.2, 0) is 6.42 Å². The highest BCUT2D eigenvalue weighted by Crippen LogP contribution is 2.25. The maximum absolute atomic E-state index is 12.3. The number of Topliss-reactive ketones (excluding diaryl/α,β-unsaturated/α-hetero) is 1. The number of anilines is 1. The van der Waals surface area contributed by atoms with Crippen LogP contribution in [0, 0.1) is 0 Å². The van der Waals surface area contributed by atoms with E-state index in [2.05, 4.69) is 4.98 Å². The molecule has 0 radical (unpaired) electrons. The number of nitrogen functional groups attached to an aromatic ring is 1. The Hall–Kier alpha value is -2.07. The fraction of sp³-hybridized carbons (Fsp3) is 0.143. The maximum atomic E-state index is 12.3. The largest absolute Gasteiger partial charge is 0.496 e. The van der Waals surface area contributed by atoms with Gasteiger partial charge in [0.1, 0.15) is 5.75 Å². The number of carbonyl (C=O) groups is 1. The predicted octanol–water partition coefficient (Wildman–Crippen LogP) is 2.75. The van der Waals surface area contributed by atoms with Crippen molar-refractivity contribution in [3.8, 4) is 5.75 Å². The Morgan fingerprint density at radius 2 is 2.21 bits per heavy atom. The number of pyridine rings is 1. The Kier molecular flexibility index (Phi) is 4.02. The van der Waals surface area contributed by atoms with Crippen LogP contribution in [0.25, 0.3) is 0 Å². The van der Waals surface area contributed by atoms with Gasteiger partial charge in [0.15, 0.2) is 5.78 Å². The summed E-state index contributed by atoms with van der Waals surface area (Å²) in [7, 11) is 1.50. The summed E-state index contributed by atoms with van der Waals surface area (Å²) in [5, 5.41) is 0.522. The molecule has 0 aliphatic rings. The van der Waals surface area contributed by atoms with Crippen LogP contribution >= 0.6 is 11.6 Å². The molecule has 0 aliphatic heterocycles. The number of ether oxygens (including phenoxy) is 1. The number of hydrogen-bond acceptors (Lipinski definition) is 4. The monoisotopic (exact) mass is 276 g/mol. The van der Waals surface area contributed by atoms with Crippen LogP contribution in [0.1, 0.15) is 15.9 Å². The number of rotatable bonds is 4. The van der Waals surface area contributed by atoms with Crippen molar-refractivity contribution in [2.24, 2.45) is 0 Å². The van der Waals surface area contributed by atoms with Crippen molar-refractivity contribution < 1.29 is 9.53 Å². The second kappa shape index (κ2) is 5.71.